The third-order valence-electron chi connectivity index (χ3n) is 6.69. The van der Waals surface area contributed by atoms with Gasteiger partial charge in [-0.1, -0.05) is 68.4 Å². The first kappa shape index (κ1) is 23.9. The Kier molecular flexibility index (Phi) is 6.15. The molecule has 0 fully saturated rings. The summed E-state index contributed by atoms with van der Waals surface area (Å²) in [6, 6.07) is 22.9. The highest BCUT2D eigenvalue weighted by Crippen LogP contribution is 2.35. The molecule has 0 aliphatic heterocycles. The van der Waals surface area contributed by atoms with Gasteiger partial charge in [-0.2, -0.15) is 15.4 Å². The Labute approximate surface area is 219 Å². The van der Waals surface area contributed by atoms with Crippen molar-refractivity contribution in [3.05, 3.63) is 84.7 Å². The van der Waals surface area contributed by atoms with Crippen molar-refractivity contribution in [1.29, 1.82) is 0 Å². The van der Waals surface area contributed by atoms with E-state index in [1.807, 2.05) is 48.7 Å². The van der Waals surface area contributed by atoms with Crippen LogP contribution in [0.3, 0.4) is 0 Å². The van der Waals surface area contributed by atoms with Crippen molar-refractivity contribution in [2.24, 2.45) is 5.41 Å². The number of rotatable bonds is 8. The standard InChI is InChI=1S/C29H28N8O/c1-29(2,18-38)17-30-15-19-8-10-21(11-9-19)26-22(20-6-4-3-5-7-20)14-23-24(32-26)12-13-37-27(23)34-35-28(37)25-16-31-36-33-25/h3-14,16,30,38H,15,17-18H2,1-2H3,(H,31,33,36). The van der Waals surface area contributed by atoms with Gasteiger partial charge in [0, 0.05) is 47.8 Å². The minimum absolute atomic E-state index is 0.148. The summed E-state index contributed by atoms with van der Waals surface area (Å²) in [4.78, 5) is 5.12. The molecule has 0 bridgehead atoms. The highest BCUT2D eigenvalue weighted by Gasteiger charge is 2.18. The van der Waals surface area contributed by atoms with Crippen LogP contribution in [-0.2, 0) is 6.54 Å². The normalized spacial score (nSPS) is 12.0. The number of benzene rings is 2. The third-order valence-corrected chi connectivity index (χ3v) is 6.69. The number of nitrogens with one attached hydrogen (secondary N) is 2. The summed E-state index contributed by atoms with van der Waals surface area (Å²) in [6.07, 6.45) is 3.55. The Morgan fingerprint density at radius 2 is 1.79 bits per heavy atom. The van der Waals surface area contributed by atoms with Gasteiger partial charge in [0.1, 0.15) is 0 Å². The zero-order chi connectivity index (χ0) is 26.1. The molecule has 9 nitrogen and oxygen atoms in total. The average molecular weight is 505 g/mol. The third kappa shape index (κ3) is 4.53. The highest BCUT2D eigenvalue weighted by atomic mass is 16.3. The molecular weight excluding hydrogens is 476 g/mol. The smallest absolute Gasteiger partial charge is 0.190 e. The predicted molar refractivity (Wildman–Crippen MR) is 147 cm³/mol. The number of aliphatic hydroxyl groups excluding tert-OH is 1. The zero-order valence-corrected chi connectivity index (χ0v) is 21.3. The van der Waals surface area contributed by atoms with E-state index < -0.39 is 0 Å². The maximum Gasteiger partial charge on any atom is 0.190 e. The fourth-order valence-corrected chi connectivity index (χ4v) is 4.52. The van der Waals surface area contributed by atoms with Gasteiger partial charge >= 0.3 is 0 Å². The number of hydrogen-bond donors (Lipinski definition) is 3. The Morgan fingerprint density at radius 1 is 0.974 bits per heavy atom. The molecule has 0 atom stereocenters. The predicted octanol–water partition coefficient (Wildman–Crippen LogP) is 4.50. The van der Waals surface area contributed by atoms with Crippen LogP contribution >= 0.6 is 0 Å². The molecule has 4 heterocycles. The number of hydrogen-bond acceptors (Lipinski definition) is 7. The Hall–Kier alpha value is -4.47. The molecule has 0 spiro atoms. The van der Waals surface area contributed by atoms with Gasteiger partial charge in [0.15, 0.2) is 17.2 Å². The summed E-state index contributed by atoms with van der Waals surface area (Å²) in [5.41, 5.74) is 7.24. The fraction of sp³-hybridized carbons (Fsp3) is 0.207. The number of H-pyrrole nitrogens is 1. The van der Waals surface area contributed by atoms with E-state index in [9.17, 15) is 5.11 Å². The second-order valence-corrected chi connectivity index (χ2v) is 10.2. The van der Waals surface area contributed by atoms with Crippen molar-refractivity contribution in [2.75, 3.05) is 13.2 Å². The Morgan fingerprint density at radius 3 is 2.53 bits per heavy atom. The summed E-state index contributed by atoms with van der Waals surface area (Å²) in [5.74, 6) is 0.618. The van der Waals surface area contributed by atoms with Gasteiger partial charge < -0.3 is 10.4 Å². The second-order valence-electron chi connectivity index (χ2n) is 10.2. The van der Waals surface area contributed by atoms with Crippen molar-refractivity contribution >= 4 is 16.6 Å². The summed E-state index contributed by atoms with van der Waals surface area (Å²) < 4.78 is 1.91. The largest absolute Gasteiger partial charge is 0.396 e. The second kappa shape index (κ2) is 9.77. The molecule has 6 rings (SSSR count). The number of aliphatic hydroxyl groups is 1. The first-order valence-electron chi connectivity index (χ1n) is 12.5. The molecule has 6 aromatic rings. The summed E-state index contributed by atoms with van der Waals surface area (Å²) >= 11 is 0. The lowest BCUT2D eigenvalue weighted by Gasteiger charge is -2.22. The first-order valence-corrected chi connectivity index (χ1v) is 12.5. The van der Waals surface area contributed by atoms with Crippen molar-refractivity contribution in [3.8, 4) is 33.9 Å². The maximum absolute atomic E-state index is 9.49. The SMILES string of the molecule is CC(C)(CO)CNCc1ccc(-c2nc3ccn4c(-c5cn[nH]n5)nnc4c3cc2-c2ccccc2)cc1. The van der Waals surface area contributed by atoms with Gasteiger partial charge in [0.25, 0.3) is 0 Å². The molecule has 9 heteroatoms. The molecule has 0 aliphatic rings. The van der Waals surface area contributed by atoms with Gasteiger partial charge in [-0.25, -0.2) is 4.98 Å². The van der Waals surface area contributed by atoms with E-state index in [0.717, 1.165) is 46.4 Å². The van der Waals surface area contributed by atoms with E-state index in [4.69, 9.17) is 4.98 Å². The molecule has 190 valence electrons. The van der Waals surface area contributed by atoms with Crippen LogP contribution in [0.25, 0.3) is 50.5 Å². The van der Waals surface area contributed by atoms with Crippen LogP contribution in [-0.4, -0.2) is 53.3 Å². The fourth-order valence-electron chi connectivity index (χ4n) is 4.52. The minimum atomic E-state index is -0.148. The van der Waals surface area contributed by atoms with Crippen LogP contribution < -0.4 is 5.32 Å². The number of aromatic nitrogens is 7. The molecular formula is C29H28N8O. The molecule has 0 amide bonds. The van der Waals surface area contributed by atoms with Crippen LogP contribution in [0.2, 0.25) is 0 Å². The van der Waals surface area contributed by atoms with Gasteiger partial charge in [-0.05, 0) is 23.3 Å². The molecule has 38 heavy (non-hydrogen) atoms. The van der Waals surface area contributed by atoms with E-state index in [1.54, 1.807) is 6.20 Å². The van der Waals surface area contributed by atoms with E-state index >= 15 is 0 Å². The lowest BCUT2D eigenvalue weighted by molar-refractivity contribution is 0.156. The molecule has 0 saturated heterocycles. The Bertz CT molecular complexity index is 1690. The van der Waals surface area contributed by atoms with Crippen molar-refractivity contribution in [3.63, 3.8) is 0 Å². The van der Waals surface area contributed by atoms with Crippen molar-refractivity contribution in [2.45, 2.75) is 20.4 Å². The van der Waals surface area contributed by atoms with Gasteiger partial charge in [-0.3, -0.25) is 4.40 Å². The summed E-state index contributed by atoms with van der Waals surface area (Å²) in [7, 11) is 0. The van der Waals surface area contributed by atoms with Gasteiger partial charge in [0.2, 0.25) is 0 Å². The molecule has 2 aromatic carbocycles. The molecule has 3 N–H and O–H groups in total. The van der Waals surface area contributed by atoms with Crippen molar-refractivity contribution in [1.82, 2.24) is 40.3 Å². The average Bonchev–Trinajstić information content (AvgIpc) is 3.63. The van der Waals surface area contributed by atoms with Gasteiger partial charge in [-0.15, -0.1) is 10.2 Å². The first-order chi connectivity index (χ1) is 18.5. The maximum atomic E-state index is 9.49. The lowest BCUT2D eigenvalue weighted by Crippen LogP contribution is -2.31. The molecule has 0 unspecified atom stereocenters. The van der Waals surface area contributed by atoms with E-state index in [0.29, 0.717) is 17.2 Å². The van der Waals surface area contributed by atoms with E-state index in [1.165, 1.54) is 5.56 Å². The molecule has 0 saturated carbocycles. The van der Waals surface area contributed by atoms with Crippen LogP contribution in [0.4, 0.5) is 0 Å². The number of fused-ring (bicyclic) bond motifs is 3. The van der Waals surface area contributed by atoms with Crippen LogP contribution in [0, 0.1) is 5.41 Å². The van der Waals surface area contributed by atoms with Crippen molar-refractivity contribution < 1.29 is 5.11 Å². The quantitative estimate of drug-likeness (QED) is 0.279. The molecule has 0 radical (unpaired) electrons. The minimum Gasteiger partial charge on any atom is -0.396 e. The molecule has 0 aliphatic carbocycles. The van der Waals surface area contributed by atoms with E-state index in [-0.39, 0.29) is 12.0 Å². The number of pyridine rings is 2. The highest BCUT2D eigenvalue weighted by molar-refractivity contribution is 5.98. The van der Waals surface area contributed by atoms with Crippen LogP contribution in [0.15, 0.2) is 79.1 Å². The lowest BCUT2D eigenvalue weighted by atomic mass is 9.95. The number of nitrogens with zero attached hydrogens (tertiary/aromatic N) is 6. The Balaban J connectivity index is 1.41. The van der Waals surface area contributed by atoms with Gasteiger partial charge in [0.05, 0.1) is 17.4 Å². The van der Waals surface area contributed by atoms with E-state index in [2.05, 4.69) is 73.4 Å². The topological polar surface area (TPSA) is 117 Å². The van der Waals surface area contributed by atoms with Crippen LogP contribution in [0.1, 0.15) is 19.4 Å². The summed E-state index contributed by atoms with van der Waals surface area (Å²) in [5, 5.41) is 33.4. The number of aromatic amines is 1. The monoisotopic (exact) mass is 504 g/mol. The van der Waals surface area contributed by atoms with Crippen LogP contribution in [0.5, 0.6) is 0 Å². The summed E-state index contributed by atoms with van der Waals surface area (Å²) in [6.45, 7) is 5.71. The zero-order valence-electron chi connectivity index (χ0n) is 21.3. The molecule has 4 aromatic heterocycles.